The molecular weight excluding hydrogens is 302 g/mol. The minimum absolute atomic E-state index is 0.834. The third-order valence-electron chi connectivity index (χ3n) is 3.44. The van der Waals surface area contributed by atoms with Gasteiger partial charge in [0.25, 0.3) is 0 Å². The predicted molar refractivity (Wildman–Crippen MR) is 98.0 cm³/mol. The van der Waals surface area contributed by atoms with E-state index in [1.807, 2.05) is 42.5 Å². The highest BCUT2D eigenvalue weighted by atomic mass is 16.4. The Morgan fingerprint density at radius 3 is 2.79 bits per heavy atom. The zero-order valence-corrected chi connectivity index (χ0v) is 14.1. The lowest BCUT2D eigenvalue weighted by Gasteiger charge is -2.11. The molecule has 1 aromatic heterocycles. The molecule has 0 aliphatic heterocycles. The molecule has 0 saturated heterocycles. The molecular formula is C19H23N3O2. The number of carboxylic acids is 1. The van der Waals surface area contributed by atoms with E-state index >= 15 is 0 Å². The van der Waals surface area contributed by atoms with Crippen LogP contribution in [0.25, 0.3) is 17.3 Å². The van der Waals surface area contributed by atoms with E-state index in [9.17, 15) is 4.79 Å². The topological polar surface area (TPSA) is 65.5 Å². The zero-order chi connectivity index (χ0) is 17.4. The summed E-state index contributed by atoms with van der Waals surface area (Å²) < 4.78 is 0. The van der Waals surface area contributed by atoms with Crippen LogP contribution in [0.1, 0.15) is 12.0 Å². The molecule has 2 rings (SSSR count). The van der Waals surface area contributed by atoms with Gasteiger partial charge in [0, 0.05) is 18.2 Å². The Hall–Kier alpha value is -2.66. The van der Waals surface area contributed by atoms with Gasteiger partial charge in [0.05, 0.1) is 5.69 Å². The standard InChI is InChI=1S/C19H23N3O2/c1-22(2)13-5-12-20-18-9-4-8-17(21-18)16-7-3-6-15(14-16)10-11-19(23)24/h3-4,6-11,14H,5,12-13H2,1-2H3,(H,20,21)(H,23,24)/b11-10+. The van der Waals surface area contributed by atoms with Gasteiger partial charge in [0.1, 0.15) is 5.82 Å². The van der Waals surface area contributed by atoms with Crippen molar-refractivity contribution in [3.8, 4) is 11.3 Å². The molecule has 0 radical (unpaired) electrons. The number of anilines is 1. The van der Waals surface area contributed by atoms with Gasteiger partial charge < -0.3 is 15.3 Å². The average Bonchev–Trinajstić information content (AvgIpc) is 2.57. The molecule has 0 spiro atoms. The molecule has 0 amide bonds. The van der Waals surface area contributed by atoms with Crippen LogP contribution in [0.15, 0.2) is 48.5 Å². The van der Waals surface area contributed by atoms with E-state index in [0.717, 1.165) is 48.2 Å². The number of aromatic nitrogens is 1. The molecule has 0 aliphatic rings. The van der Waals surface area contributed by atoms with Crippen molar-refractivity contribution in [1.82, 2.24) is 9.88 Å². The Labute approximate surface area is 142 Å². The second kappa shape index (κ2) is 8.84. The van der Waals surface area contributed by atoms with E-state index in [0.29, 0.717) is 0 Å². The van der Waals surface area contributed by atoms with Crippen molar-refractivity contribution in [3.63, 3.8) is 0 Å². The highest BCUT2D eigenvalue weighted by molar-refractivity contribution is 5.85. The van der Waals surface area contributed by atoms with Crippen molar-refractivity contribution in [1.29, 1.82) is 0 Å². The molecule has 0 bridgehead atoms. The number of nitrogens with one attached hydrogen (secondary N) is 1. The number of carboxylic acid groups (broad SMARTS) is 1. The van der Waals surface area contributed by atoms with Crippen molar-refractivity contribution >= 4 is 17.9 Å². The first-order valence-corrected chi connectivity index (χ1v) is 7.92. The molecule has 0 unspecified atom stereocenters. The molecule has 0 saturated carbocycles. The van der Waals surface area contributed by atoms with Gasteiger partial charge in [0.2, 0.25) is 0 Å². The first-order chi connectivity index (χ1) is 11.5. The molecule has 5 heteroatoms. The minimum atomic E-state index is -0.956. The third kappa shape index (κ3) is 5.85. The highest BCUT2D eigenvalue weighted by Crippen LogP contribution is 2.20. The van der Waals surface area contributed by atoms with Gasteiger partial charge in [-0.15, -0.1) is 0 Å². The van der Waals surface area contributed by atoms with Crippen LogP contribution in [-0.2, 0) is 4.79 Å². The SMILES string of the molecule is CN(C)CCCNc1cccc(-c2cccc(/C=C/C(=O)O)c2)n1. The van der Waals surface area contributed by atoms with E-state index in [4.69, 9.17) is 5.11 Å². The molecule has 0 fully saturated rings. The maximum absolute atomic E-state index is 10.6. The number of hydrogen-bond donors (Lipinski definition) is 2. The summed E-state index contributed by atoms with van der Waals surface area (Å²) in [6.45, 7) is 1.90. The molecule has 0 aliphatic carbocycles. The first-order valence-electron chi connectivity index (χ1n) is 7.92. The maximum atomic E-state index is 10.6. The monoisotopic (exact) mass is 325 g/mol. The van der Waals surface area contributed by atoms with Crippen LogP contribution < -0.4 is 5.32 Å². The quantitative estimate of drug-likeness (QED) is 0.576. The summed E-state index contributed by atoms with van der Waals surface area (Å²) in [7, 11) is 4.12. The molecule has 2 aromatic rings. The summed E-state index contributed by atoms with van der Waals surface area (Å²) in [6.07, 6.45) is 3.76. The molecule has 24 heavy (non-hydrogen) atoms. The Balaban J connectivity index is 2.08. The third-order valence-corrected chi connectivity index (χ3v) is 3.44. The number of hydrogen-bond acceptors (Lipinski definition) is 4. The Kier molecular flexibility index (Phi) is 6.51. The average molecular weight is 325 g/mol. The largest absolute Gasteiger partial charge is 0.478 e. The molecule has 1 aromatic carbocycles. The Morgan fingerprint density at radius 2 is 2.04 bits per heavy atom. The summed E-state index contributed by atoms with van der Waals surface area (Å²) >= 11 is 0. The first kappa shape index (κ1) is 17.7. The number of carbonyl (C=O) groups is 1. The van der Waals surface area contributed by atoms with Crippen LogP contribution in [0.4, 0.5) is 5.82 Å². The number of rotatable bonds is 8. The summed E-state index contributed by atoms with van der Waals surface area (Å²) in [6, 6.07) is 13.5. The zero-order valence-electron chi connectivity index (χ0n) is 14.1. The second-order valence-electron chi connectivity index (χ2n) is 5.79. The van der Waals surface area contributed by atoms with Gasteiger partial charge in [0.15, 0.2) is 0 Å². The summed E-state index contributed by atoms with van der Waals surface area (Å²) in [5.41, 5.74) is 2.65. The Morgan fingerprint density at radius 1 is 1.25 bits per heavy atom. The van der Waals surface area contributed by atoms with Crippen LogP contribution >= 0.6 is 0 Å². The van der Waals surface area contributed by atoms with Crippen LogP contribution in [0.5, 0.6) is 0 Å². The lowest BCUT2D eigenvalue weighted by atomic mass is 10.1. The minimum Gasteiger partial charge on any atom is -0.478 e. The van der Waals surface area contributed by atoms with E-state index < -0.39 is 5.97 Å². The molecule has 0 atom stereocenters. The van der Waals surface area contributed by atoms with Gasteiger partial charge in [-0.2, -0.15) is 0 Å². The van der Waals surface area contributed by atoms with Gasteiger partial charge in [-0.05, 0) is 56.9 Å². The van der Waals surface area contributed by atoms with Crippen molar-refractivity contribution in [2.24, 2.45) is 0 Å². The van der Waals surface area contributed by atoms with Gasteiger partial charge in [-0.3, -0.25) is 0 Å². The van der Waals surface area contributed by atoms with Gasteiger partial charge in [-0.1, -0.05) is 24.3 Å². The van der Waals surface area contributed by atoms with Crippen LogP contribution in [-0.4, -0.2) is 48.1 Å². The predicted octanol–water partition coefficient (Wildman–Crippen LogP) is 3.21. The molecule has 1 heterocycles. The van der Waals surface area contributed by atoms with Gasteiger partial charge in [-0.25, -0.2) is 9.78 Å². The van der Waals surface area contributed by atoms with Crippen molar-refractivity contribution in [2.45, 2.75) is 6.42 Å². The Bertz CT molecular complexity index is 711. The number of nitrogens with zero attached hydrogens (tertiary/aromatic N) is 2. The summed E-state index contributed by atoms with van der Waals surface area (Å²) in [5, 5.41) is 12.1. The van der Waals surface area contributed by atoms with Crippen LogP contribution in [0.3, 0.4) is 0 Å². The van der Waals surface area contributed by atoms with Crippen LogP contribution in [0.2, 0.25) is 0 Å². The lowest BCUT2D eigenvalue weighted by molar-refractivity contribution is -0.131. The number of pyridine rings is 1. The maximum Gasteiger partial charge on any atom is 0.328 e. The summed E-state index contributed by atoms with van der Waals surface area (Å²) in [4.78, 5) is 17.4. The fourth-order valence-corrected chi connectivity index (χ4v) is 2.27. The lowest BCUT2D eigenvalue weighted by Crippen LogP contribution is -2.16. The smallest absolute Gasteiger partial charge is 0.328 e. The molecule has 2 N–H and O–H groups in total. The number of benzene rings is 1. The van der Waals surface area contributed by atoms with Crippen LogP contribution in [0, 0.1) is 0 Å². The van der Waals surface area contributed by atoms with E-state index in [1.165, 1.54) is 0 Å². The normalized spacial score (nSPS) is 11.1. The molecule has 5 nitrogen and oxygen atoms in total. The summed E-state index contributed by atoms with van der Waals surface area (Å²) in [5.74, 6) is -0.111. The van der Waals surface area contributed by atoms with Gasteiger partial charge >= 0.3 is 5.97 Å². The second-order valence-corrected chi connectivity index (χ2v) is 5.79. The van der Waals surface area contributed by atoms with Crippen molar-refractivity contribution in [3.05, 3.63) is 54.1 Å². The number of aliphatic carboxylic acids is 1. The fraction of sp³-hybridized carbons (Fsp3) is 0.263. The van der Waals surface area contributed by atoms with E-state index in [1.54, 1.807) is 6.08 Å². The highest BCUT2D eigenvalue weighted by Gasteiger charge is 2.02. The van der Waals surface area contributed by atoms with Crippen molar-refractivity contribution < 1.29 is 9.90 Å². The molecule has 126 valence electrons. The fourth-order valence-electron chi connectivity index (χ4n) is 2.27. The van der Waals surface area contributed by atoms with Crippen molar-refractivity contribution in [2.75, 3.05) is 32.5 Å². The van der Waals surface area contributed by atoms with E-state index in [-0.39, 0.29) is 0 Å². The van der Waals surface area contributed by atoms with E-state index in [2.05, 4.69) is 29.3 Å².